The zero-order chi connectivity index (χ0) is 17.2. The molecule has 4 rings (SSSR count). The number of benzene rings is 2. The van der Waals surface area contributed by atoms with Crippen molar-refractivity contribution in [3.8, 4) is 11.5 Å². The van der Waals surface area contributed by atoms with Crippen molar-refractivity contribution in [1.82, 2.24) is 9.88 Å². The van der Waals surface area contributed by atoms with Crippen LogP contribution in [0.2, 0.25) is 0 Å². The minimum absolute atomic E-state index is 0.224. The molecule has 0 aliphatic carbocycles. The van der Waals surface area contributed by atoms with Crippen LogP contribution in [-0.2, 0) is 11.2 Å². The summed E-state index contributed by atoms with van der Waals surface area (Å²) in [6.45, 7) is 3.04. The van der Waals surface area contributed by atoms with Crippen molar-refractivity contribution in [3.05, 3.63) is 54.1 Å². The van der Waals surface area contributed by atoms with Gasteiger partial charge in [0.25, 0.3) is 0 Å². The second-order valence-electron chi connectivity index (χ2n) is 6.79. The Balaban J connectivity index is 1.49. The summed E-state index contributed by atoms with van der Waals surface area (Å²) in [7, 11) is 0. The number of fused-ring (bicyclic) bond motifs is 1. The molecule has 2 heterocycles. The normalized spacial score (nSPS) is 17.8. The van der Waals surface area contributed by atoms with E-state index in [1.807, 2.05) is 53.4 Å². The van der Waals surface area contributed by atoms with Gasteiger partial charge in [-0.15, -0.1) is 0 Å². The van der Waals surface area contributed by atoms with E-state index >= 15 is 0 Å². The highest BCUT2D eigenvalue weighted by Gasteiger charge is 2.23. The first kappa shape index (κ1) is 15.9. The zero-order valence-electron chi connectivity index (χ0n) is 14.4. The molecule has 1 amide bonds. The van der Waals surface area contributed by atoms with E-state index in [0.717, 1.165) is 41.6 Å². The molecule has 1 fully saturated rings. The number of likely N-dealkylation sites (tertiary alicyclic amines) is 1. The molecule has 4 heteroatoms. The largest absolute Gasteiger partial charge is 0.436 e. The molecule has 0 bridgehead atoms. The van der Waals surface area contributed by atoms with E-state index in [1.54, 1.807) is 0 Å². The lowest BCUT2D eigenvalue weighted by molar-refractivity contribution is -0.133. The van der Waals surface area contributed by atoms with Crippen LogP contribution in [0.5, 0.6) is 0 Å². The number of amides is 1. The van der Waals surface area contributed by atoms with E-state index in [4.69, 9.17) is 4.42 Å². The molecule has 4 nitrogen and oxygen atoms in total. The van der Waals surface area contributed by atoms with Crippen molar-refractivity contribution < 1.29 is 9.21 Å². The monoisotopic (exact) mass is 334 g/mol. The molecule has 0 radical (unpaired) electrons. The molecule has 1 aliphatic heterocycles. The molecule has 0 saturated carbocycles. The van der Waals surface area contributed by atoms with Crippen LogP contribution in [0, 0.1) is 0 Å². The van der Waals surface area contributed by atoms with Gasteiger partial charge in [0.1, 0.15) is 5.52 Å². The summed E-state index contributed by atoms with van der Waals surface area (Å²) in [5, 5.41) is 0. The third-order valence-electron chi connectivity index (χ3n) is 4.97. The number of piperidine rings is 1. The van der Waals surface area contributed by atoms with Crippen molar-refractivity contribution in [3.63, 3.8) is 0 Å². The van der Waals surface area contributed by atoms with Crippen LogP contribution in [0.15, 0.2) is 52.9 Å². The fourth-order valence-electron chi connectivity index (χ4n) is 3.51. The Labute approximate surface area is 147 Å². The van der Waals surface area contributed by atoms with Gasteiger partial charge in [0.2, 0.25) is 11.8 Å². The fourth-order valence-corrected chi connectivity index (χ4v) is 3.51. The molecule has 3 aromatic rings. The van der Waals surface area contributed by atoms with Crippen molar-refractivity contribution in [2.75, 3.05) is 6.54 Å². The molecular weight excluding hydrogens is 312 g/mol. The van der Waals surface area contributed by atoms with E-state index in [-0.39, 0.29) is 5.91 Å². The summed E-state index contributed by atoms with van der Waals surface area (Å²) in [6, 6.07) is 16.1. The van der Waals surface area contributed by atoms with Crippen LogP contribution >= 0.6 is 0 Å². The lowest BCUT2D eigenvalue weighted by Crippen LogP contribution is -2.42. The maximum Gasteiger partial charge on any atom is 0.227 e. The number of oxazole rings is 1. The smallest absolute Gasteiger partial charge is 0.227 e. The van der Waals surface area contributed by atoms with Crippen LogP contribution in [0.25, 0.3) is 22.6 Å². The predicted octanol–water partition coefficient (Wildman–Crippen LogP) is 4.44. The molecule has 1 aliphatic rings. The van der Waals surface area contributed by atoms with Crippen LogP contribution < -0.4 is 0 Å². The minimum Gasteiger partial charge on any atom is -0.436 e. The number of hydrogen-bond donors (Lipinski definition) is 0. The maximum atomic E-state index is 12.5. The van der Waals surface area contributed by atoms with Crippen LogP contribution in [0.1, 0.15) is 31.7 Å². The van der Waals surface area contributed by atoms with E-state index in [1.165, 1.54) is 6.42 Å². The number of para-hydroxylation sites is 2. The molecule has 0 unspecified atom stereocenters. The Morgan fingerprint density at radius 3 is 2.72 bits per heavy atom. The second-order valence-corrected chi connectivity index (χ2v) is 6.79. The molecule has 1 aromatic heterocycles. The summed E-state index contributed by atoms with van der Waals surface area (Å²) in [6.07, 6.45) is 3.91. The number of carbonyl (C=O) groups is 1. The second kappa shape index (κ2) is 6.71. The van der Waals surface area contributed by atoms with E-state index in [0.29, 0.717) is 18.4 Å². The Morgan fingerprint density at radius 1 is 1.16 bits per heavy atom. The summed E-state index contributed by atoms with van der Waals surface area (Å²) in [5.41, 5.74) is 3.60. The first-order valence-electron chi connectivity index (χ1n) is 8.95. The molecule has 128 valence electrons. The summed E-state index contributed by atoms with van der Waals surface area (Å²) in [4.78, 5) is 19.1. The Hall–Kier alpha value is -2.62. The van der Waals surface area contributed by atoms with Crippen molar-refractivity contribution in [2.24, 2.45) is 0 Å². The number of aromatic nitrogens is 1. The standard InChI is InChI=1S/C21H22N2O2/c1-15-6-4-5-13-23(15)20(24)14-16-9-11-17(12-10-16)21-22-18-7-2-3-8-19(18)25-21/h2-3,7-12,15H,4-6,13-14H2,1H3/t15-/m1/s1. The van der Waals surface area contributed by atoms with Gasteiger partial charge < -0.3 is 9.32 Å². The Kier molecular flexibility index (Phi) is 4.26. The first-order valence-corrected chi connectivity index (χ1v) is 8.95. The predicted molar refractivity (Wildman–Crippen MR) is 98.2 cm³/mol. The number of hydrogen-bond acceptors (Lipinski definition) is 3. The highest BCUT2D eigenvalue weighted by Crippen LogP contribution is 2.25. The highest BCUT2D eigenvalue weighted by molar-refractivity contribution is 5.79. The summed E-state index contributed by atoms with van der Waals surface area (Å²) < 4.78 is 5.80. The number of nitrogens with zero attached hydrogens (tertiary/aromatic N) is 2. The molecule has 1 saturated heterocycles. The lowest BCUT2D eigenvalue weighted by Gasteiger charge is -2.33. The molecule has 0 N–H and O–H groups in total. The van der Waals surface area contributed by atoms with Gasteiger partial charge in [0.15, 0.2) is 5.58 Å². The van der Waals surface area contributed by atoms with Crippen molar-refractivity contribution >= 4 is 17.0 Å². The summed E-state index contributed by atoms with van der Waals surface area (Å²) >= 11 is 0. The van der Waals surface area contributed by atoms with Gasteiger partial charge in [-0.3, -0.25) is 4.79 Å². The zero-order valence-corrected chi connectivity index (χ0v) is 14.4. The average Bonchev–Trinajstić information content (AvgIpc) is 3.07. The fraction of sp³-hybridized carbons (Fsp3) is 0.333. The molecule has 1 atom stereocenters. The minimum atomic E-state index is 0.224. The molecule has 0 spiro atoms. The lowest BCUT2D eigenvalue weighted by atomic mass is 10.0. The summed E-state index contributed by atoms with van der Waals surface area (Å²) in [5.74, 6) is 0.838. The van der Waals surface area contributed by atoms with Gasteiger partial charge in [0, 0.05) is 18.2 Å². The third-order valence-corrected chi connectivity index (χ3v) is 4.97. The quantitative estimate of drug-likeness (QED) is 0.711. The number of rotatable bonds is 3. The Bertz CT molecular complexity index is 849. The van der Waals surface area contributed by atoms with Gasteiger partial charge in [-0.05, 0) is 56.0 Å². The molecule has 25 heavy (non-hydrogen) atoms. The van der Waals surface area contributed by atoms with Gasteiger partial charge in [-0.25, -0.2) is 4.98 Å². The first-order chi connectivity index (χ1) is 12.2. The van der Waals surface area contributed by atoms with Crippen LogP contribution in [0.3, 0.4) is 0 Å². The maximum absolute atomic E-state index is 12.5. The van der Waals surface area contributed by atoms with Crippen molar-refractivity contribution in [2.45, 2.75) is 38.6 Å². The van der Waals surface area contributed by atoms with E-state index < -0.39 is 0 Å². The highest BCUT2D eigenvalue weighted by atomic mass is 16.3. The average molecular weight is 334 g/mol. The SMILES string of the molecule is C[C@@H]1CCCCN1C(=O)Cc1ccc(-c2nc3ccccc3o2)cc1. The number of carbonyl (C=O) groups excluding carboxylic acids is 1. The van der Waals surface area contributed by atoms with Gasteiger partial charge in [0.05, 0.1) is 6.42 Å². The molecular formula is C21H22N2O2. The molecule has 2 aromatic carbocycles. The van der Waals surface area contributed by atoms with Crippen molar-refractivity contribution in [1.29, 1.82) is 0 Å². The van der Waals surface area contributed by atoms with E-state index in [9.17, 15) is 4.79 Å². The van der Waals surface area contributed by atoms with Gasteiger partial charge in [-0.1, -0.05) is 24.3 Å². The topological polar surface area (TPSA) is 46.3 Å². The van der Waals surface area contributed by atoms with Gasteiger partial charge >= 0.3 is 0 Å². The van der Waals surface area contributed by atoms with Crippen LogP contribution in [-0.4, -0.2) is 28.4 Å². The third kappa shape index (κ3) is 3.29. The Morgan fingerprint density at radius 2 is 1.96 bits per heavy atom. The van der Waals surface area contributed by atoms with Gasteiger partial charge in [-0.2, -0.15) is 0 Å². The van der Waals surface area contributed by atoms with E-state index in [2.05, 4.69) is 11.9 Å². The van der Waals surface area contributed by atoms with Crippen LogP contribution in [0.4, 0.5) is 0 Å².